The van der Waals surface area contributed by atoms with Gasteiger partial charge in [0.2, 0.25) is 5.91 Å². The fraction of sp³-hybridized carbons (Fsp3) is 0.550. The van der Waals surface area contributed by atoms with Crippen LogP contribution >= 0.6 is 0 Å². The van der Waals surface area contributed by atoms with E-state index in [-0.39, 0.29) is 30.3 Å². The molecule has 0 radical (unpaired) electrons. The molecule has 2 atom stereocenters. The van der Waals surface area contributed by atoms with E-state index in [4.69, 9.17) is 4.74 Å². The number of amides is 1. The molecule has 7 heteroatoms. The molecule has 1 aliphatic carbocycles. The molecular weight excluding hydrogens is 350 g/mol. The lowest BCUT2D eigenvalue weighted by atomic mass is 9.81. The fourth-order valence-corrected chi connectivity index (χ4v) is 3.21. The van der Waals surface area contributed by atoms with Crippen LogP contribution in [0.1, 0.15) is 38.2 Å². The van der Waals surface area contributed by atoms with Crippen LogP contribution in [0, 0.1) is 11.8 Å². The maximum Gasteiger partial charge on any atom is 0.331 e. The number of benzene rings is 1. The number of hydrogen-bond acceptors (Lipinski definition) is 6. The molecule has 1 saturated carbocycles. The molecule has 2 rings (SSSR count). The highest BCUT2D eigenvalue weighted by atomic mass is 16.5. The third kappa shape index (κ3) is 6.06. The summed E-state index contributed by atoms with van der Waals surface area (Å²) in [5, 5.41) is 12.2. The van der Waals surface area contributed by atoms with Crippen LogP contribution in [0.2, 0.25) is 0 Å². The molecule has 27 heavy (non-hydrogen) atoms. The van der Waals surface area contributed by atoms with Gasteiger partial charge in [-0.2, -0.15) is 0 Å². The number of aliphatic hydroxyl groups excluding tert-OH is 1. The Morgan fingerprint density at radius 1 is 1.11 bits per heavy atom. The summed E-state index contributed by atoms with van der Waals surface area (Å²) in [6.07, 6.45) is 1.13. The van der Waals surface area contributed by atoms with Crippen molar-refractivity contribution in [2.45, 2.75) is 51.4 Å². The van der Waals surface area contributed by atoms with Gasteiger partial charge in [-0.3, -0.25) is 9.59 Å². The average Bonchev–Trinajstić information content (AvgIpc) is 2.70. The maximum atomic E-state index is 12.4. The van der Waals surface area contributed by atoms with Gasteiger partial charge in [0.05, 0.1) is 19.1 Å². The summed E-state index contributed by atoms with van der Waals surface area (Å²) >= 11 is 0. The van der Waals surface area contributed by atoms with Crippen LogP contribution in [0.25, 0.3) is 0 Å². The monoisotopic (exact) mass is 377 g/mol. The first kappa shape index (κ1) is 20.9. The number of nitrogens with one attached hydrogen (secondary N) is 1. The van der Waals surface area contributed by atoms with Gasteiger partial charge in [0.1, 0.15) is 6.61 Å². The lowest BCUT2D eigenvalue weighted by Gasteiger charge is -2.28. The number of carbonyl (C=O) groups is 3. The van der Waals surface area contributed by atoms with E-state index in [0.717, 1.165) is 5.56 Å². The molecule has 0 aliphatic heterocycles. The van der Waals surface area contributed by atoms with Crippen molar-refractivity contribution in [3.63, 3.8) is 0 Å². The summed E-state index contributed by atoms with van der Waals surface area (Å²) in [5.41, 5.74) is 0.936. The number of carbonyl (C=O) groups excluding carboxylic acids is 3. The molecule has 0 unspecified atom stereocenters. The minimum absolute atomic E-state index is 0.217. The molecule has 7 nitrogen and oxygen atoms in total. The van der Waals surface area contributed by atoms with Crippen LogP contribution in [0.3, 0.4) is 0 Å². The Balaban J connectivity index is 1.79. The largest absolute Gasteiger partial charge is 0.467 e. The summed E-state index contributed by atoms with van der Waals surface area (Å²) in [7, 11) is 1.20. The van der Waals surface area contributed by atoms with Crippen LogP contribution in [0.15, 0.2) is 30.3 Å². The minimum Gasteiger partial charge on any atom is -0.467 e. The topological polar surface area (TPSA) is 102 Å². The van der Waals surface area contributed by atoms with E-state index in [1.165, 1.54) is 14.0 Å². The summed E-state index contributed by atoms with van der Waals surface area (Å²) in [5.74, 6) is -1.74. The van der Waals surface area contributed by atoms with Gasteiger partial charge in [-0.15, -0.1) is 0 Å². The van der Waals surface area contributed by atoms with Crippen molar-refractivity contribution in [3.8, 4) is 0 Å². The third-order valence-corrected chi connectivity index (χ3v) is 4.89. The molecule has 2 N–H and O–H groups in total. The quantitative estimate of drug-likeness (QED) is 0.700. The number of esters is 2. The molecule has 0 saturated heterocycles. The van der Waals surface area contributed by atoms with Crippen molar-refractivity contribution >= 4 is 17.8 Å². The molecule has 1 amide bonds. The van der Waals surface area contributed by atoms with E-state index >= 15 is 0 Å². The molecule has 148 valence electrons. The normalized spacial score (nSPS) is 21.6. The second-order valence-electron chi connectivity index (χ2n) is 6.89. The second-order valence-corrected chi connectivity index (χ2v) is 6.89. The smallest absolute Gasteiger partial charge is 0.331 e. The summed E-state index contributed by atoms with van der Waals surface area (Å²) < 4.78 is 9.97. The van der Waals surface area contributed by atoms with E-state index in [9.17, 15) is 19.5 Å². The van der Waals surface area contributed by atoms with Gasteiger partial charge in [-0.1, -0.05) is 30.3 Å². The standard InChI is InChI=1S/C20H27NO6/c1-13(22)17(20(25)26-2)21-18(23)15-8-10-16(11-9-15)19(24)27-12-14-6-4-3-5-7-14/h3-7,13,15-17,22H,8-12H2,1-2H3,(H,21,23)/t13-,15?,16?,17+/m1/s1. The van der Waals surface area contributed by atoms with E-state index in [1.807, 2.05) is 30.3 Å². The molecule has 1 aromatic carbocycles. The van der Waals surface area contributed by atoms with Crippen molar-refractivity contribution < 1.29 is 29.0 Å². The first-order valence-corrected chi connectivity index (χ1v) is 9.19. The van der Waals surface area contributed by atoms with Crippen molar-refractivity contribution in [3.05, 3.63) is 35.9 Å². The Labute approximate surface area is 159 Å². The molecule has 1 aromatic rings. The lowest BCUT2D eigenvalue weighted by Crippen LogP contribution is -2.50. The lowest BCUT2D eigenvalue weighted by molar-refractivity contribution is -0.152. The Hall–Kier alpha value is -2.41. The molecule has 0 bridgehead atoms. The van der Waals surface area contributed by atoms with Crippen LogP contribution in [-0.4, -0.2) is 42.2 Å². The zero-order chi connectivity index (χ0) is 19.8. The van der Waals surface area contributed by atoms with Gasteiger partial charge >= 0.3 is 11.9 Å². The van der Waals surface area contributed by atoms with Crippen molar-refractivity contribution in [2.75, 3.05) is 7.11 Å². The SMILES string of the molecule is COC(=O)[C@@H](NC(=O)C1CCC(C(=O)OCc2ccccc2)CC1)[C@@H](C)O. The first-order valence-electron chi connectivity index (χ1n) is 9.19. The fourth-order valence-electron chi connectivity index (χ4n) is 3.21. The number of aliphatic hydroxyl groups is 1. The predicted molar refractivity (Wildman–Crippen MR) is 97.3 cm³/mol. The molecule has 0 heterocycles. The molecule has 1 aliphatic rings. The van der Waals surface area contributed by atoms with Gasteiger partial charge in [-0.25, -0.2) is 4.79 Å². The Kier molecular flexibility index (Phi) is 7.79. The number of hydrogen-bond donors (Lipinski definition) is 2. The number of ether oxygens (including phenoxy) is 2. The Bertz CT molecular complexity index is 637. The van der Waals surface area contributed by atoms with Crippen molar-refractivity contribution in [1.29, 1.82) is 0 Å². The van der Waals surface area contributed by atoms with Gasteiger partial charge in [0, 0.05) is 5.92 Å². The van der Waals surface area contributed by atoms with Crippen molar-refractivity contribution in [2.24, 2.45) is 11.8 Å². The highest BCUT2D eigenvalue weighted by molar-refractivity contribution is 5.86. The van der Waals surface area contributed by atoms with E-state index in [0.29, 0.717) is 25.7 Å². The van der Waals surface area contributed by atoms with Gasteiger partial charge < -0.3 is 19.9 Å². The number of rotatable bonds is 7. The van der Waals surface area contributed by atoms with E-state index in [1.54, 1.807) is 0 Å². The summed E-state index contributed by atoms with van der Waals surface area (Å²) in [6, 6.07) is 8.39. The minimum atomic E-state index is -1.09. The average molecular weight is 377 g/mol. The summed E-state index contributed by atoms with van der Waals surface area (Å²) in [4.78, 5) is 36.2. The summed E-state index contributed by atoms with van der Waals surface area (Å²) in [6.45, 7) is 1.66. The second kappa shape index (κ2) is 10.1. The third-order valence-electron chi connectivity index (χ3n) is 4.89. The Morgan fingerprint density at radius 2 is 1.70 bits per heavy atom. The first-order chi connectivity index (χ1) is 12.9. The van der Waals surface area contributed by atoms with Crippen LogP contribution < -0.4 is 5.32 Å². The van der Waals surface area contributed by atoms with Gasteiger partial charge in [0.15, 0.2) is 6.04 Å². The van der Waals surface area contributed by atoms with Crippen molar-refractivity contribution in [1.82, 2.24) is 5.32 Å². The van der Waals surface area contributed by atoms with Crippen LogP contribution in [-0.2, 0) is 30.5 Å². The zero-order valence-electron chi connectivity index (χ0n) is 15.7. The molecule has 0 aromatic heterocycles. The van der Waals surface area contributed by atoms with Gasteiger partial charge in [-0.05, 0) is 38.2 Å². The van der Waals surface area contributed by atoms with E-state index < -0.39 is 18.1 Å². The molecule has 1 fully saturated rings. The Morgan fingerprint density at radius 3 is 2.26 bits per heavy atom. The zero-order valence-corrected chi connectivity index (χ0v) is 15.7. The van der Waals surface area contributed by atoms with E-state index in [2.05, 4.69) is 10.1 Å². The molecule has 0 spiro atoms. The highest BCUT2D eigenvalue weighted by Gasteiger charge is 2.34. The molecular formula is C20H27NO6. The van der Waals surface area contributed by atoms with Crippen LogP contribution in [0.4, 0.5) is 0 Å². The van der Waals surface area contributed by atoms with Gasteiger partial charge in [0.25, 0.3) is 0 Å². The van der Waals surface area contributed by atoms with Crippen LogP contribution in [0.5, 0.6) is 0 Å². The maximum absolute atomic E-state index is 12.4. The highest BCUT2D eigenvalue weighted by Crippen LogP contribution is 2.30. The predicted octanol–water partition coefficient (Wildman–Crippen LogP) is 1.57. The number of methoxy groups -OCH3 is 1.